The number of carbonyl (C=O) groups is 1. The van der Waals surface area contributed by atoms with Gasteiger partial charge >= 0.3 is 0 Å². The molecule has 0 fully saturated rings. The van der Waals surface area contributed by atoms with Crippen LogP contribution in [0.3, 0.4) is 0 Å². The third kappa shape index (κ3) is 4.92. The zero-order valence-electron chi connectivity index (χ0n) is 15.5. The van der Waals surface area contributed by atoms with E-state index >= 15 is 0 Å². The molecule has 1 aromatic heterocycles. The molecule has 0 spiro atoms. The van der Waals surface area contributed by atoms with Crippen LogP contribution >= 0.6 is 11.6 Å². The summed E-state index contributed by atoms with van der Waals surface area (Å²) in [6.45, 7) is 0.407. The molecule has 0 aliphatic carbocycles. The normalized spacial score (nSPS) is 10.2. The number of aromatic nitrogens is 1. The smallest absolute Gasteiger partial charge is 0.270 e. The Bertz CT molecular complexity index is 944. The first kappa shape index (κ1) is 19.5. The highest BCUT2D eigenvalue weighted by atomic mass is 35.5. The van der Waals surface area contributed by atoms with Gasteiger partial charge in [-0.2, -0.15) is 0 Å². The van der Waals surface area contributed by atoms with Gasteiger partial charge in [0.25, 0.3) is 5.91 Å². The van der Waals surface area contributed by atoms with Gasteiger partial charge in [0, 0.05) is 11.6 Å². The van der Waals surface area contributed by atoms with Crippen LogP contribution in [0.25, 0.3) is 0 Å². The Balaban J connectivity index is 1.61. The van der Waals surface area contributed by atoms with E-state index in [4.69, 9.17) is 21.1 Å². The number of hydrogen-bond acceptors (Lipinski definition) is 5. The Hall–Kier alpha value is -3.25. The van der Waals surface area contributed by atoms with Crippen LogP contribution in [0.15, 0.2) is 60.8 Å². The number of rotatable bonds is 7. The summed E-state index contributed by atoms with van der Waals surface area (Å²) in [7, 11) is 3.20. The topological polar surface area (TPSA) is 72.5 Å². The number of methoxy groups -OCH3 is 2. The summed E-state index contributed by atoms with van der Waals surface area (Å²) in [5, 5.41) is 6.62. The minimum atomic E-state index is -0.247. The SMILES string of the molecule is COc1ccc(CNC(=O)c2ccc(Nc3cc(Cl)ccc3OC)cn2)cc1. The minimum absolute atomic E-state index is 0.247. The molecule has 0 saturated heterocycles. The van der Waals surface area contributed by atoms with E-state index < -0.39 is 0 Å². The molecule has 6 nitrogen and oxygen atoms in total. The van der Waals surface area contributed by atoms with Gasteiger partial charge in [-0.25, -0.2) is 4.98 Å². The molecule has 0 saturated carbocycles. The summed E-state index contributed by atoms with van der Waals surface area (Å²) in [4.78, 5) is 16.5. The standard InChI is InChI=1S/C21H20ClN3O3/c1-27-17-7-3-14(4-8-17)12-24-21(26)18-9-6-16(13-23-18)25-19-11-15(22)5-10-20(19)28-2/h3-11,13,25H,12H2,1-2H3,(H,24,26). The molecule has 0 atom stereocenters. The number of benzene rings is 2. The Labute approximate surface area is 168 Å². The third-order valence-corrected chi connectivity index (χ3v) is 4.28. The molecule has 0 unspecified atom stereocenters. The van der Waals surface area contributed by atoms with Crippen LogP contribution in [0.5, 0.6) is 11.5 Å². The molecule has 0 radical (unpaired) electrons. The summed E-state index contributed by atoms with van der Waals surface area (Å²) < 4.78 is 10.4. The largest absolute Gasteiger partial charge is 0.497 e. The zero-order chi connectivity index (χ0) is 19.9. The van der Waals surface area contributed by atoms with Gasteiger partial charge in [-0.1, -0.05) is 23.7 Å². The predicted molar refractivity (Wildman–Crippen MR) is 110 cm³/mol. The van der Waals surface area contributed by atoms with E-state index in [1.165, 1.54) is 0 Å². The summed E-state index contributed by atoms with van der Waals surface area (Å²) in [6.07, 6.45) is 1.59. The maximum Gasteiger partial charge on any atom is 0.270 e. The average molecular weight is 398 g/mol. The van der Waals surface area contributed by atoms with Crippen molar-refractivity contribution >= 4 is 28.9 Å². The Morgan fingerprint density at radius 1 is 1.04 bits per heavy atom. The predicted octanol–water partition coefficient (Wildman–Crippen LogP) is 4.43. The number of nitrogens with zero attached hydrogens (tertiary/aromatic N) is 1. The number of hydrogen-bond donors (Lipinski definition) is 2. The average Bonchev–Trinajstić information content (AvgIpc) is 2.73. The van der Waals surface area contributed by atoms with Crippen LogP contribution in [-0.2, 0) is 6.54 Å². The van der Waals surface area contributed by atoms with Crippen molar-refractivity contribution < 1.29 is 14.3 Å². The van der Waals surface area contributed by atoms with Crippen molar-refractivity contribution in [3.63, 3.8) is 0 Å². The lowest BCUT2D eigenvalue weighted by atomic mass is 10.2. The first-order chi connectivity index (χ1) is 13.6. The van der Waals surface area contributed by atoms with Gasteiger partial charge in [0.05, 0.1) is 31.8 Å². The highest BCUT2D eigenvalue weighted by Gasteiger charge is 2.09. The van der Waals surface area contributed by atoms with Crippen LogP contribution in [0, 0.1) is 0 Å². The van der Waals surface area contributed by atoms with Gasteiger partial charge < -0.3 is 20.1 Å². The first-order valence-corrected chi connectivity index (χ1v) is 8.94. The Morgan fingerprint density at radius 2 is 1.82 bits per heavy atom. The second-order valence-corrected chi connectivity index (χ2v) is 6.37. The van der Waals surface area contributed by atoms with Crippen molar-refractivity contribution in [1.82, 2.24) is 10.3 Å². The highest BCUT2D eigenvalue weighted by Crippen LogP contribution is 2.30. The van der Waals surface area contributed by atoms with E-state index in [9.17, 15) is 4.79 Å². The lowest BCUT2D eigenvalue weighted by Crippen LogP contribution is -2.23. The highest BCUT2D eigenvalue weighted by molar-refractivity contribution is 6.31. The molecule has 1 amide bonds. The van der Waals surface area contributed by atoms with Gasteiger partial charge in [0.2, 0.25) is 0 Å². The first-order valence-electron chi connectivity index (χ1n) is 8.57. The summed E-state index contributed by atoms with van der Waals surface area (Å²) >= 11 is 6.04. The number of pyridine rings is 1. The minimum Gasteiger partial charge on any atom is -0.497 e. The van der Waals surface area contributed by atoms with Gasteiger partial charge in [0.1, 0.15) is 17.2 Å². The van der Waals surface area contributed by atoms with Gasteiger partial charge in [0.15, 0.2) is 0 Å². The summed E-state index contributed by atoms with van der Waals surface area (Å²) in [6, 6.07) is 16.2. The quantitative estimate of drug-likeness (QED) is 0.617. The number of anilines is 2. The number of halogens is 1. The second kappa shape index (κ2) is 9.10. The number of carbonyl (C=O) groups excluding carboxylic acids is 1. The molecule has 2 N–H and O–H groups in total. The van der Waals surface area contributed by atoms with Crippen molar-refractivity contribution in [1.29, 1.82) is 0 Å². The molecule has 144 valence electrons. The molecule has 7 heteroatoms. The maximum atomic E-state index is 12.3. The molecule has 3 rings (SSSR count). The monoisotopic (exact) mass is 397 g/mol. The second-order valence-electron chi connectivity index (χ2n) is 5.93. The van der Waals surface area contributed by atoms with Gasteiger partial charge in [-0.15, -0.1) is 0 Å². The van der Waals surface area contributed by atoms with Crippen molar-refractivity contribution in [3.05, 3.63) is 77.1 Å². The van der Waals surface area contributed by atoms with Crippen LogP contribution < -0.4 is 20.1 Å². The van der Waals surface area contributed by atoms with Crippen LogP contribution in [0.4, 0.5) is 11.4 Å². The fourth-order valence-corrected chi connectivity index (χ4v) is 2.72. The van der Waals surface area contributed by atoms with E-state index in [-0.39, 0.29) is 5.91 Å². The molecule has 0 bridgehead atoms. The van der Waals surface area contributed by atoms with Gasteiger partial charge in [-0.3, -0.25) is 4.79 Å². The van der Waals surface area contributed by atoms with Crippen molar-refractivity contribution in [2.45, 2.75) is 6.54 Å². The summed E-state index contributed by atoms with van der Waals surface area (Å²) in [5.74, 6) is 1.18. The van der Waals surface area contributed by atoms with E-state index in [2.05, 4.69) is 15.6 Å². The zero-order valence-corrected chi connectivity index (χ0v) is 16.3. The molecule has 28 heavy (non-hydrogen) atoms. The van der Waals surface area contributed by atoms with E-state index in [0.29, 0.717) is 34.4 Å². The Morgan fingerprint density at radius 3 is 2.46 bits per heavy atom. The van der Waals surface area contributed by atoms with Crippen molar-refractivity contribution in [2.24, 2.45) is 0 Å². The summed E-state index contributed by atoms with van der Waals surface area (Å²) in [5.41, 5.74) is 2.73. The van der Waals surface area contributed by atoms with Gasteiger partial charge in [-0.05, 0) is 48.0 Å². The fourth-order valence-electron chi connectivity index (χ4n) is 2.55. The lowest BCUT2D eigenvalue weighted by molar-refractivity contribution is 0.0946. The third-order valence-electron chi connectivity index (χ3n) is 4.05. The van der Waals surface area contributed by atoms with Crippen molar-refractivity contribution in [3.8, 4) is 11.5 Å². The fraction of sp³-hybridized carbons (Fsp3) is 0.143. The maximum absolute atomic E-state index is 12.3. The molecular weight excluding hydrogens is 378 g/mol. The number of ether oxygens (including phenoxy) is 2. The van der Waals surface area contributed by atoms with E-state index in [1.54, 1.807) is 50.7 Å². The lowest BCUT2D eigenvalue weighted by Gasteiger charge is -2.12. The van der Waals surface area contributed by atoms with Crippen LogP contribution in [0.2, 0.25) is 5.02 Å². The Kier molecular flexibility index (Phi) is 6.34. The van der Waals surface area contributed by atoms with E-state index in [0.717, 1.165) is 11.3 Å². The molecule has 2 aromatic carbocycles. The van der Waals surface area contributed by atoms with Crippen LogP contribution in [0.1, 0.15) is 16.1 Å². The molecular formula is C21H20ClN3O3. The van der Waals surface area contributed by atoms with E-state index in [1.807, 2.05) is 24.3 Å². The molecule has 3 aromatic rings. The number of amides is 1. The van der Waals surface area contributed by atoms with Crippen molar-refractivity contribution in [2.75, 3.05) is 19.5 Å². The van der Waals surface area contributed by atoms with Crippen LogP contribution in [-0.4, -0.2) is 25.1 Å². The molecule has 0 aliphatic rings. The molecule has 0 aliphatic heterocycles. The molecule has 1 heterocycles. The number of nitrogens with one attached hydrogen (secondary N) is 2.